The van der Waals surface area contributed by atoms with Gasteiger partial charge in [-0.3, -0.25) is 14.6 Å². The van der Waals surface area contributed by atoms with Crippen LogP contribution in [0.4, 0.5) is 0 Å². The van der Waals surface area contributed by atoms with Gasteiger partial charge in [-0.1, -0.05) is 0 Å². The van der Waals surface area contributed by atoms with Gasteiger partial charge in [-0.25, -0.2) is 4.79 Å². The Bertz CT molecular complexity index is 519. The number of rotatable bonds is 2. The van der Waals surface area contributed by atoms with Gasteiger partial charge in [-0.15, -0.1) is 0 Å². The maximum atomic E-state index is 12.1. The Balaban J connectivity index is 2.20. The highest BCUT2D eigenvalue weighted by atomic mass is 16.2. The van der Waals surface area contributed by atoms with E-state index in [1.165, 1.54) is 0 Å². The van der Waals surface area contributed by atoms with Crippen molar-refractivity contribution in [1.82, 2.24) is 20.2 Å². The van der Waals surface area contributed by atoms with Crippen LogP contribution in [-0.4, -0.2) is 47.0 Å². The van der Waals surface area contributed by atoms with Crippen LogP contribution in [0.25, 0.3) is 0 Å². The first kappa shape index (κ1) is 12.6. The fourth-order valence-electron chi connectivity index (χ4n) is 2.15. The molecule has 0 spiro atoms. The Hall–Kier alpha value is -1.89. The molecule has 7 heteroatoms. The number of hydrogen-bond acceptors (Lipinski definition) is 4. The van der Waals surface area contributed by atoms with Crippen molar-refractivity contribution in [3.8, 4) is 0 Å². The van der Waals surface area contributed by atoms with Crippen LogP contribution in [-0.2, 0) is 0 Å². The zero-order chi connectivity index (χ0) is 13.1. The molecule has 1 aromatic rings. The van der Waals surface area contributed by atoms with Gasteiger partial charge < -0.3 is 15.2 Å². The predicted octanol–water partition coefficient (Wildman–Crippen LogP) is -1.11. The van der Waals surface area contributed by atoms with Crippen molar-refractivity contribution < 1.29 is 4.79 Å². The monoisotopic (exact) mass is 252 g/mol. The van der Waals surface area contributed by atoms with Gasteiger partial charge in [0.1, 0.15) is 5.69 Å². The number of H-pyrrole nitrogens is 2. The van der Waals surface area contributed by atoms with Crippen LogP contribution in [0.5, 0.6) is 0 Å². The van der Waals surface area contributed by atoms with E-state index in [0.717, 1.165) is 18.9 Å². The number of aromatic nitrogens is 2. The van der Waals surface area contributed by atoms with E-state index in [2.05, 4.69) is 10.3 Å². The lowest BCUT2D eigenvalue weighted by Gasteiger charge is -2.32. The number of aromatic amines is 2. The molecule has 1 aliphatic heterocycles. The second-order valence-corrected chi connectivity index (χ2v) is 4.38. The average Bonchev–Trinajstić information content (AvgIpc) is 2.37. The zero-order valence-electron chi connectivity index (χ0n) is 10.2. The maximum Gasteiger partial charge on any atom is 0.326 e. The van der Waals surface area contributed by atoms with Crippen LogP contribution in [0, 0.1) is 0 Å². The SMILES string of the molecule is CNC1CCCN(C(=O)c2cc(=O)[nH]c(=O)[nH]2)C1. The topological polar surface area (TPSA) is 98.1 Å². The Kier molecular flexibility index (Phi) is 3.61. The van der Waals surface area contributed by atoms with Gasteiger partial charge in [0.15, 0.2) is 0 Å². The molecule has 7 nitrogen and oxygen atoms in total. The maximum absolute atomic E-state index is 12.1. The smallest absolute Gasteiger partial charge is 0.326 e. The van der Waals surface area contributed by atoms with Crippen molar-refractivity contribution in [1.29, 1.82) is 0 Å². The molecule has 3 N–H and O–H groups in total. The zero-order valence-corrected chi connectivity index (χ0v) is 10.2. The summed E-state index contributed by atoms with van der Waals surface area (Å²) in [5.74, 6) is -0.307. The Morgan fingerprint density at radius 3 is 2.89 bits per heavy atom. The molecule has 1 unspecified atom stereocenters. The first-order chi connectivity index (χ1) is 8.60. The Morgan fingerprint density at radius 2 is 2.22 bits per heavy atom. The molecule has 1 aromatic heterocycles. The van der Waals surface area contributed by atoms with Crippen LogP contribution in [0.2, 0.25) is 0 Å². The minimum atomic E-state index is -0.659. The fourth-order valence-corrected chi connectivity index (χ4v) is 2.15. The van der Waals surface area contributed by atoms with Gasteiger partial charge in [0.25, 0.3) is 11.5 Å². The molecule has 1 saturated heterocycles. The average molecular weight is 252 g/mol. The summed E-state index contributed by atoms with van der Waals surface area (Å²) >= 11 is 0. The number of carbonyl (C=O) groups is 1. The van der Waals surface area contributed by atoms with E-state index in [4.69, 9.17) is 0 Å². The van der Waals surface area contributed by atoms with Crippen molar-refractivity contribution in [2.75, 3.05) is 20.1 Å². The molecule has 0 aromatic carbocycles. The van der Waals surface area contributed by atoms with Crippen molar-refractivity contribution in [3.05, 3.63) is 32.6 Å². The Labute approximate surface area is 103 Å². The number of piperidine rings is 1. The molecule has 2 rings (SSSR count). The lowest BCUT2D eigenvalue weighted by Crippen LogP contribution is -2.47. The highest BCUT2D eigenvalue weighted by Gasteiger charge is 2.24. The van der Waals surface area contributed by atoms with E-state index in [-0.39, 0.29) is 17.6 Å². The molecule has 18 heavy (non-hydrogen) atoms. The molecule has 0 saturated carbocycles. The molecule has 0 bridgehead atoms. The molecule has 98 valence electrons. The number of nitrogens with one attached hydrogen (secondary N) is 3. The van der Waals surface area contributed by atoms with Crippen LogP contribution < -0.4 is 16.6 Å². The molecule has 0 aliphatic carbocycles. The largest absolute Gasteiger partial charge is 0.336 e. The highest BCUT2D eigenvalue weighted by molar-refractivity contribution is 5.92. The third-order valence-electron chi connectivity index (χ3n) is 3.11. The van der Waals surface area contributed by atoms with Gasteiger partial charge in [0.2, 0.25) is 0 Å². The molecule has 2 heterocycles. The molecule has 1 aliphatic rings. The molecule has 1 fully saturated rings. The standard InChI is InChI=1S/C11H16N4O3/c1-12-7-3-2-4-15(6-7)10(17)8-5-9(16)14-11(18)13-8/h5,7,12H,2-4,6H2,1H3,(H2,13,14,16,18). The number of likely N-dealkylation sites (N-methyl/N-ethyl adjacent to an activating group) is 1. The second kappa shape index (κ2) is 5.18. The van der Waals surface area contributed by atoms with Gasteiger partial charge in [-0.05, 0) is 19.9 Å². The minimum absolute atomic E-state index is 0.0421. The van der Waals surface area contributed by atoms with Crippen LogP contribution >= 0.6 is 0 Å². The summed E-state index contributed by atoms with van der Waals surface area (Å²) < 4.78 is 0. The number of nitrogens with zero attached hydrogens (tertiary/aromatic N) is 1. The molecule has 1 amide bonds. The van der Waals surface area contributed by atoms with Crippen molar-refractivity contribution in [2.24, 2.45) is 0 Å². The number of carbonyl (C=O) groups excluding carboxylic acids is 1. The van der Waals surface area contributed by atoms with Gasteiger partial charge >= 0.3 is 5.69 Å². The summed E-state index contributed by atoms with van der Waals surface area (Å²) in [5.41, 5.74) is -1.18. The lowest BCUT2D eigenvalue weighted by molar-refractivity contribution is 0.0691. The molecular formula is C11H16N4O3. The molecule has 1 atom stereocenters. The Morgan fingerprint density at radius 1 is 1.44 bits per heavy atom. The third kappa shape index (κ3) is 2.67. The number of likely N-dealkylation sites (tertiary alicyclic amines) is 1. The summed E-state index contributed by atoms with van der Waals surface area (Å²) in [7, 11) is 1.85. The second-order valence-electron chi connectivity index (χ2n) is 4.38. The summed E-state index contributed by atoms with van der Waals surface area (Å²) in [6, 6.07) is 1.38. The van der Waals surface area contributed by atoms with E-state index in [9.17, 15) is 14.4 Å². The quantitative estimate of drug-likeness (QED) is 0.621. The highest BCUT2D eigenvalue weighted by Crippen LogP contribution is 2.11. The summed E-state index contributed by atoms with van der Waals surface area (Å²) in [4.78, 5) is 40.5. The van der Waals surface area contributed by atoms with Gasteiger partial charge in [-0.2, -0.15) is 0 Å². The molecular weight excluding hydrogens is 236 g/mol. The van der Waals surface area contributed by atoms with Crippen LogP contribution in [0.3, 0.4) is 0 Å². The van der Waals surface area contributed by atoms with Crippen LogP contribution in [0.1, 0.15) is 23.3 Å². The fraction of sp³-hybridized carbons (Fsp3) is 0.545. The summed E-state index contributed by atoms with van der Waals surface area (Å²) in [5, 5.41) is 3.13. The third-order valence-corrected chi connectivity index (χ3v) is 3.11. The summed E-state index contributed by atoms with van der Waals surface area (Å²) in [6.07, 6.45) is 1.93. The van der Waals surface area contributed by atoms with Crippen LogP contribution in [0.15, 0.2) is 15.7 Å². The van der Waals surface area contributed by atoms with Gasteiger partial charge in [0.05, 0.1) is 0 Å². The van der Waals surface area contributed by atoms with E-state index in [0.29, 0.717) is 13.1 Å². The van der Waals surface area contributed by atoms with E-state index in [1.807, 2.05) is 12.0 Å². The van der Waals surface area contributed by atoms with Crippen molar-refractivity contribution >= 4 is 5.91 Å². The molecule has 0 radical (unpaired) electrons. The minimum Gasteiger partial charge on any atom is -0.336 e. The van der Waals surface area contributed by atoms with Crippen molar-refractivity contribution in [2.45, 2.75) is 18.9 Å². The predicted molar refractivity (Wildman–Crippen MR) is 65.7 cm³/mol. The lowest BCUT2D eigenvalue weighted by atomic mass is 10.1. The first-order valence-electron chi connectivity index (χ1n) is 5.90. The van der Waals surface area contributed by atoms with E-state index < -0.39 is 11.2 Å². The van der Waals surface area contributed by atoms with Gasteiger partial charge in [0, 0.05) is 25.2 Å². The first-order valence-corrected chi connectivity index (χ1v) is 5.90. The summed E-state index contributed by atoms with van der Waals surface area (Å²) in [6.45, 7) is 1.23. The van der Waals surface area contributed by atoms with E-state index >= 15 is 0 Å². The normalized spacial score (nSPS) is 19.8. The van der Waals surface area contributed by atoms with E-state index in [1.54, 1.807) is 4.90 Å². The number of amides is 1. The number of hydrogen-bond donors (Lipinski definition) is 3. The van der Waals surface area contributed by atoms with Crippen molar-refractivity contribution in [3.63, 3.8) is 0 Å².